The molecule has 0 radical (unpaired) electrons. The summed E-state index contributed by atoms with van der Waals surface area (Å²) in [6, 6.07) is 16.2. The normalized spacial score (nSPS) is 11.2. The average molecular weight is 434 g/mol. The highest BCUT2D eigenvalue weighted by Crippen LogP contribution is 2.19. The van der Waals surface area contributed by atoms with Crippen molar-refractivity contribution < 1.29 is 4.79 Å². The smallest absolute Gasteiger partial charge is 0.251 e. The Morgan fingerprint density at radius 2 is 1.59 bits per heavy atom. The Balaban J connectivity index is 1.42. The number of rotatable bonds is 14. The van der Waals surface area contributed by atoms with Crippen LogP contribution >= 0.6 is 0 Å². The van der Waals surface area contributed by atoms with E-state index in [9.17, 15) is 4.79 Å². The molecule has 4 nitrogen and oxygen atoms in total. The highest BCUT2D eigenvalue weighted by molar-refractivity contribution is 5.94. The van der Waals surface area contributed by atoms with Gasteiger partial charge in [0.2, 0.25) is 0 Å². The van der Waals surface area contributed by atoms with E-state index in [1.807, 2.05) is 31.2 Å². The molecule has 3 rings (SSSR count). The van der Waals surface area contributed by atoms with Crippen LogP contribution in [0, 0.1) is 6.92 Å². The molecule has 0 unspecified atom stereocenters. The van der Waals surface area contributed by atoms with Gasteiger partial charge in [0, 0.05) is 25.1 Å². The lowest BCUT2D eigenvalue weighted by molar-refractivity contribution is 0.0953. The molecular formula is C28H39N3O. The number of carbonyl (C=O) groups is 1. The van der Waals surface area contributed by atoms with Gasteiger partial charge in [-0.3, -0.25) is 4.79 Å². The Morgan fingerprint density at radius 3 is 2.41 bits per heavy atom. The molecule has 4 heteroatoms. The number of unbranched alkanes of at least 4 members (excludes halogenated alkanes) is 7. The van der Waals surface area contributed by atoms with E-state index in [-0.39, 0.29) is 5.91 Å². The van der Waals surface area contributed by atoms with Crippen LogP contribution in [0.2, 0.25) is 0 Å². The zero-order chi connectivity index (χ0) is 22.6. The second kappa shape index (κ2) is 13.0. The van der Waals surface area contributed by atoms with Crippen LogP contribution in [0.3, 0.4) is 0 Å². The minimum absolute atomic E-state index is 0.0192. The van der Waals surface area contributed by atoms with Gasteiger partial charge in [0.1, 0.15) is 5.82 Å². The fourth-order valence-corrected chi connectivity index (χ4v) is 4.21. The van der Waals surface area contributed by atoms with Gasteiger partial charge in [0.25, 0.3) is 5.91 Å². The fourth-order valence-electron chi connectivity index (χ4n) is 4.21. The van der Waals surface area contributed by atoms with Gasteiger partial charge in [-0.1, -0.05) is 75.3 Å². The Bertz CT molecular complexity index is 958. The summed E-state index contributed by atoms with van der Waals surface area (Å²) in [7, 11) is 0. The van der Waals surface area contributed by atoms with Crippen LogP contribution in [0.25, 0.3) is 11.0 Å². The number of aryl methyl sites for hydroxylation is 3. The van der Waals surface area contributed by atoms with Crippen molar-refractivity contribution >= 4 is 16.9 Å². The number of hydrogen-bond acceptors (Lipinski definition) is 2. The molecule has 0 bridgehead atoms. The van der Waals surface area contributed by atoms with E-state index in [2.05, 4.69) is 41.1 Å². The van der Waals surface area contributed by atoms with Crippen LogP contribution in [0.15, 0.2) is 48.5 Å². The molecule has 32 heavy (non-hydrogen) atoms. The van der Waals surface area contributed by atoms with Crippen molar-refractivity contribution in [1.82, 2.24) is 14.9 Å². The lowest BCUT2D eigenvalue weighted by Gasteiger charge is -2.10. The molecule has 1 N–H and O–H groups in total. The van der Waals surface area contributed by atoms with Gasteiger partial charge in [0.05, 0.1) is 11.0 Å². The second-order valence-corrected chi connectivity index (χ2v) is 8.87. The maximum Gasteiger partial charge on any atom is 0.251 e. The first kappa shape index (κ1) is 24.0. The molecule has 1 amide bonds. The van der Waals surface area contributed by atoms with Gasteiger partial charge in [-0.15, -0.1) is 0 Å². The zero-order valence-corrected chi connectivity index (χ0v) is 19.9. The van der Waals surface area contributed by atoms with Crippen molar-refractivity contribution in [1.29, 1.82) is 0 Å². The fraction of sp³-hybridized carbons (Fsp3) is 0.500. The number of carbonyl (C=O) groups excluding carboxylic acids is 1. The monoisotopic (exact) mass is 433 g/mol. The van der Waals surface area contributed by atoms with Gasteiger partial charge >= 0.3 is 0 Å². The first-order valence-corrected chi connectivity index (χ1v) is 12.5. The van der Waals surface area contributed by atoms with E-state index >= 15 is 0 Å². The minimum atomic E-state index is 0.0192. The number of aromatic nitrogens is 2. The standard InChI is InChI=1S/C28H39N3O/c1-3-4-5-6-7-13-22-31-26-15-11-10-14-25(26)30-27(31)16-9-8-12-21-29-28(32)24-19-17-23(2)18-20-24/h10-11,14-15,17-20H,3-9,12-13,16,21-22H2,1-2H3,(H,29,32). The lowest BCUT2D eigenvalue weighted by Crippen LogP contribution is -2.24. The second-order valence-electron chi connectivity index (χ2n) is 8.87. The number of fused-ring (bicyclic) bond motifs is 1. The summed E-state index contributed by atoms with van der Waals surface area (Å²) in [6.07, 6.45) is 12.0. The highest BCUT2D eigenvalue weighted by Gasteiger charge is 2.10. The quantitative estimate of drug-likeness (QED) is 0.283. The summed E-state index contributed by atoms with van der Waals surface area (Å²) in [4.78, 5) is 17.1. The van der Waals surface area contributed by atoms with Gasteiger partial charge < -0.3 is 9.88 Å². The van der Waals surface area contributed by atoms with E-state index in [1.54, 1.807) is 0 Å². The number of para-hydroxylation sites is 2. The molecule has 0 aliphatic heterocycles. The van der Waals surface area contributed by atoms with Crippen LogP contribution in [0.1, 0.15) is 86.5 Å². The third kappa shape index (κ3) is 7.22. The van der Waals surface area contributed by atoms with Crippen LogP contribution in [-0.2, 0) is 13.0 Å². The number of nitrogens with one attached hydrogen (secondary N) is 1. The van der Waals surface area contributed by atoms with Crippen molar-refractivity contribution in [2.75, 3.05) is 6.54 Å². The van der Waals surface area contributed by atoms with E-state index in [0.717, 1.165) is 49.9 Å². The summed E-state index contributed by atoms with van der Waals surface area (Å²) in [6.45, 7) is 6.08. The van der Waals surface area contributed by atoms with E-state index in [1.165, 1.54) is 55.4 Å². The van der Waals surface area contributed by atoms with Gasteiger partial charge in [-0.25, -0.2) is 4.98 Å². The number of benzene rings is 2. The average Bonchev–Trinajstić information content (AvgIpc) is 3.16. The number of nitrogens with zero attached hydrogens (tertiary/aromatic N) is 2. The van der Waals surface area contributed by atoms with E-state index in [0.29, 0.717) is 0 Å². The number of imidazole rings is 1. The number of hydrogen-bond donors (Lipinski definition) is 1. The molecule has 0 saturated carbocycles. The SMILES string of the molecule is CCCCCCCCn1c(CCCCCNC(=O)c2ccc(C)cc2)nc2ccccc21. The predicted molar refractivity (Wildman–Crippen MR) is 134 cm³/mol. The molecule has 0 spiro atoms. The molecule has 3 aromatic rings. The molecule has 0 aliphatic carbocycles. The molecular weight excluding hydrogens is 394 g/mol. The van der Waals surface area contributed by atoms with E-state index in [4.69, 9.17) is 4.98 Å². The third-order valence-corrected chi connectivity index (χ3v) is 6.15. The summed E-state index contributed by atoms with van der Waals surface area (Å²) in [5.41, 5.74) is 4.28. The zero-order valence-electron chi connectivity index (χ0n) is 19.9. The maximum atomic E-state index is 12.2. The summed E-state index contributed by atoms with van der Waals surface area (Å²) >= 11 is 0. The third-order valence-electron chi connectivity index (χ3n) is 6.15. The largest absolute Gasteiger partial charge is 0.352 e. The van der Waals surface area contributed by atoms with Crippen LogP contribution in [0.4, 0.5) is 0 Å². The molecule has 2 aromatic carbocycles. The van der Waals surface area contributed by atoms with Crippen LogP contribution in [0.5, 0.6) is 0 Å². The molecule has 1 heterocycles. The van der Waals surface area contributed by atoms with Gasteiger partial charge in [-0.2, -0.15) is 0 Å². The Hall–Kier alpha value is -2.62. The summed E-state index contributed by atoms with van der Waals surface area (Å²) < 4.78 is 2.44. The lowest BCUT2D eigenvalue weighted by atomic mass is 10.1. The highest BCUT2D eigenvalue weighted by atomic mass is 16.1. The van der Waals surface area contributed by atoms with Gasteiger partial charge in [-0.05, 0) is 50.5 Å². The van der Waals surface area contributed by atoms with E-state index < -0.39 is 0 Å². The molecule has 0 saturated heterocycles. The Labute approximate surface area is 193 Å². The Morgan fingerprint density at radius 1 is 0.875 bits per heavy atom. The van der Waals surface area contributed by atoms with Crippen molar-refractivity contribution in [3.63, 3.8) is 0 Å². The molecule has 0 aliphatic rings. The van der Waals surface area contributed by atoms with Crippen molar-refractivity contribution in [3.8, 4) is 0 Å². The molecule has 1 aromatic heterocycles. The molecule has 0 atom stereocenters. The number of amides is 1. The van der Waals surface area contributed by atoms with Gasteiger partial charge in [0.15, 0.2) is 0 Å². The first-order valence-electron chi connectivity index (χ1n) is 12.5. The first-order chi connectivity index (χ1) is 15.7. The van der Waals surface area contributed by atoms with Crippen LogP contribution < -0.4 is 5.32 Å². The summed E-state index contributed by atoms with van der Waals surface area (Å²) in [5.74, 6) is 1.23. The molecule has 0 fully saturated rings. The van der Waals surface area contributed by atoms with Crippen molar-refractivity contribution in [2.45, 2.75) is 84.6 Å². The van der Waals surface area contributed by atoms with Crippen LogP contribution in [-0.4, -0.2) is 22.0 Å². The maximum absolute atomic E-state index is 12.2. The predicted octanol–water partition coefficient (Wildman–Crippen LogP) is 6.85. The molecule has 172 valence electrons. The Kier molecular flexibility index (Phi) is 9.80. The topological polar surface area (TPSA) is 46.9 Å². The summed E-state index contributed by atoms with van der Waals surface area (Å²) in [5, 5.41) is 3.04. The minimum Gasteiger partial charge on any atom is -0.352 e. The van der Waals surface area contributed by atoms with Crippen molar-refractivity contribution in [3.05, 3.63) is 65.5 Å². The van der Waals surface area contributed by atoms with Crippen molar-refractivity contribution in [2.24, 2.45) is 0 Å².